The Hall–Kier alpha value is 1.10. The molecule has 7 heavy (non-hydrogen) atoms. The molecule has 39 valence electrons. The van der Waals surface area contributed by atoms with Crippen LogP contribution in [0, 0.1) is 12.8 Å². The third-order valence-corrected chi connectivity index (χ3v) is 1.22. The van der Waals surface area contributed by atoms with Crippen molar-refractivity contribution in [3.8, 4) is 0 Å². The Bertz CT molecular complexity index is 35.1. The Morgan fingerprint density at radius 3 is 1.57 bits per heavy atom. The van der Waals surface area contributed by atoms with Crippen LogP contribution in [0.1, 0.15) is 19.3 Å². The monoisotopic (exact) mass is 212 g/mol. The summed E-state index contributed by atoms with van der Waals surface area (Å²) in [6.07, 6.45) is 4.17. The fourth-order valence-electron chi connectivity index (χ4n) is 0.493. The molecule has 0 aromatic heterocycles. The van der Waals surface area contributed by atoms with E-state index in [9.17, 15) is 0 Å². The Kier molecular flexibility index (Phi) is 8.22. The average Bonchev–Trinajstić information content (AvgIpc) is 1.30. The van der Waals surface area contributed by atoms with Gasteiger partial charge < -0.3 is 17.0 Å². The summed E-state index contributed by atoms with van der Waals surface area (Å²) >= 11 is 0. The Balaban J connectivity index is 0. The van der Waals surface area contributed by atoms with Crippen molar-refractivity contribution in [2.24, 2.45) is 5.92 Å². The summed E-state index contributed by atoms with van der Waals surface area (Å²) in [6.45, 7) is 3.84. The Labute approximate surface area is 68.6 Å². The average molecular weight is 214 g/mol. The van der Waals surface area contributed by atoms with Crippen LogP contribution in [0.15, 0.2) is 0 Å². The zero-order chi connectivity index (χ0) is 3.70. The van der Waals surface area contributed by atoms with Gasteiger partial charge in [-0.3, -0.25) is 0 Å². The van der Waals surface area contributed by atoms with Crippen molar-refractivity contribution in [3.05, 3.63) is 6.92 Å². The molecule has 0 amide bonds. The molecule has 1 rings (SSSR count). The fraction of sp³-hybridized carbons (Fsp3) is 0.800. The molecule has 0 saturated heterocycles. The minimum Gasteiger partial charge on any atom is -1.00 e. The van der Waals surface area contributed by atoms with E-state index in [2.05, 4.69) is 6.92 Å². The van der Waals surface area contributed by atoms with E-state index in [0.29, 0.717) is 0 Å². The van der Waals surface area contributed by atoms with Gasteiger partial charge in [0.25, 0.3) is 0 Å². The molecule has 0 nitrogen and oxygen atoms in total. The largest absolute Gasteiger partial charge is 1.00 e. The summed E-state index contributed by atoms with van der Waals surface area (Å²) in [4.78, 5) is 0. The van der Waals surface area contributed by atoms with Gasteiger partial charge in [-0.1, -0.05) is 26.2 Å². The van der Waals surface area contributed by atoms with Crippen molar-refractivity contribution in [1.29, 1.82) is 0 Å². The van der Waals surface area contributed by atoms with E-state index in [1.165, 1.54) is 19.3 Å². The second-order valence-electron chi connectivity index (χ2n) is 1.80. The molecule has 0 aromatic carbocycles. The number of rotatable bonds is 0. The molecular formula is C5H9BrZn-. The van der Waals surface area contributed by atoms with Crippen molar-refractivity contribution < 1.29 is 36.5 Å². The second kappa shape index (κ2) is 5.24. The first-order valence-electron chi connectivity index (χ1n) is 2.22. The van der Waals surface area contributed by atoms with Crippen LogP contribution in [0.5, 0.6) is 0 Å². The summed E-state index contributed by atoms with van der Waals surface area (Å²) in [5, 5.41) is 0. The molecule has 1 aliphatic carbocycles. The zero-order valence-electron chi connectivity index (χ0n) is 4.49. The van der Waals surface area contributed by atoms with E-state index in [1.54, 1.807) is 0 Å². The first-order valence-corrected chi connectivity index (χ1v) is 2.22. The molecule has 1 saturated carbocycles. The van der Waals surface area contributed by atoms with Gasteiger partial charge in [-0.2, -0.15) is 0 Å². The third kappa shape index (κ3) is 3.67. The van der Waals surface area contributed by atoms with Crippen LogP contribution in [-0.2, 0) is 19.5 Å². The van der Waals surface area contributed by atoms with Crippen LogP contribution >= 0.6 is 0 Å². The molecule has 0 heterocycles. The van der Waals surface area contributed by atoms with Crippen molar-refractivity contribution >= 4 is 0 Å². The maximum Gasteiger partial charge on any atom is 0 e. The van der Waals surface area contributed by atoms with Crippen molar-refractivity contribution in [3.63, 3.8) is 0 Å². The Morgan fingerprint density at radius 2 is 1.57 bits per heavy atom. The van der Waals surface area contributed by atoms with Gasteiger partial charge in [-0.15, -0.1) is 0 Å². The summed E-state index contributed by atoms with van der Waals surface area (Å²) in [5.41, 5.74) is 0. The first-order chi connectivity index (χ1) is 2.39. The quantitative estimate of drug-likeness (QED) is 0.436. The smallest absolute Gasteiger partial charge is 0 e. The molecule has 0 aliphatic heterocycles. The molecule has 0 bridgehead atoms. The third-order valence-electron chi connectivity index (χ3n) is 1.22. The molecule has 1 fully saturated rings. The number of hydrogen-bond donors (Lipinski definition) is 0. The molecule has 0 spiro atoms. The van der Waals surface area contributed by atoms with Crippen LogP contribution in [0.2, 0.25) is 0 Å². The van der Waals surface area contributed by atoms with E-state index >= 15 is 0 Å². The summed E-state index contributed by atoms with van der Waals surface area (Å²) in [6, 6.07) is 0. The molecule has 0 atom stereocenters. The van der Waals surface area contributed by atoms with Gasteiger partial charge in [0.2, 0.25) is 0 Å². The minimum atomic E-state index is 0. The second-order valence-corrected chi connectivity index (χ2v) is 1.80. The van der Waals surface area contributed by atoms with Gasteiger partial charge in [0.05, 0.1) is 0 Å². The fourth-order valence-corrected chi connectivity index (χ4v) is 0.493. The standard InChI is InChI=1S/C5H9.BrH.Zn/c1-5-3-2-4-5;;/h5H,1-4H2;1H;/p-1. The van der Waals surface area contributed by atoms with Gasteiger partial charge in [-0.05, 0) is 5.92 Å². The predicted octanol–water partition coefficient (Wildman–Crippen LogP) is -1.38. The topological polar surface area (TPSA) is 0 Å². The first kappa shape index (κ1) is 11.0. The predicted molar refractivity (Wildman–Crippen MR) is 22.7 cm³/mol. The summed E-state index contributed by atoms with van der Waals surface area (Å²) < 4.78 is 0. The van der Waals surface area contributed by atoms with Crippen molar-refractivity contribution in [1.82, 2.24) is 0 Å². The molecule has 0 N–H and O–H groups in total. The van der Waals surface area contributed by atoms with Crippen LogP contribution in [-0.4, -0.2) is 0 Å². The van der Waals surface area contributed by atoms with Crippen LogP contribution in [0.4, 0.5) is 0 Å². The van der Waals surface area contributed by atoms with Gasteiger partial charge in [0, 0.05) is 19.5 Å². The molecular weight excluding hydrogens is 205 g/mol. The zero-order valence-corrected chi connectivity index (χ0v) is 9.04. The molecule has 0 aromatic rings. The summed E-state index contributed by atoms with van der Waals surface area (Å²) in [5.74, 6) is 0.815. The van der Waals surface area contributed by atoms with Crippen LogP contribution in [0.3, 0.4) is 0 Å². The van der Waals surface area contributed by atoms with E-state index in [0.717, 1.165) is 5.92 Å². The Morgan fingerprint density at radius 1 is 1.29 bits per heavy atom. The molecule has 2 heteroatoms. The SMILES string of the molecule is [Br-].[CH2]C1CCC1.[Zn]. The van der Waals surface area contributed by atoms with Gasteiger partial charge in [-0.25, -0.2) is 0 Å². The maximum atomic E-state index is 3.84. The van der Waals surface area contributed by atoms with Gasteiger partial charge >= 0.3 is 0 Å². The van der Waals surface area contributed by atoms with Gasteiger partial charge in [0.1, 0.15) is 0 Å². The minimum absolute atomic E-state index is 0. The number of hydrogen-bond acceptors (Lipinski definition) is 0. The van der Waals surface area contributed by atoms with Gasteiger partial charge in [0.15, 0.2) is 0 Å². The molecule has 1 aliphatic rings. The van der Waals surface area contributed by atoms with Crippen molar-refractivity contribution in [2.75, 3.05) is 0 Å². The van der Waals surface area contributed by atoms with E-state index in [4.69, 9.17) is 0 Å². The van der Waals surface area contributed by atoms with E-state index < -0.39 is 0 Å². The normalized spacial score (nSPS) is 18.4. The maximum absolute atomic E-state index is 3.84. The van der Waals surface area contributed by atoms with Crippen LogP contribution in [0.25, 0.3) is 0 Å². The molecule has 1 radical (unpaired) electrons. The summed E-state index contributed by atoms with van der Waals surface area (Å²) in [7, 11) is 0. The van der Waals surface area contributed by atoms with Crippen LogP contribution < -0.4 is 17.0 Å². The molecule has 0 unspecified atom stereocenters. The van der Waals surface area contributed by atoms with E-state index in [1.807, 2.05) is 0 Å². The van der Waals surface area contributed by atoms with Crippen molar-refractivity contribution in [2.45, 2.75) is 19.3 Å². The van der Waals surface area contributed by atoms with E-state index in [-0.39, 0.29) is 36.5 Å². The number of halogens is 1.